The number of fused-ring (bicyclic) bond motifs is 1. The van der Waals surface area contributed by atoms with E-state index in [9.17, 15) is 4.79 Å². The van der Waals surface area contributed by atoms with Gasteiger partial charge in [-0.25, -0.2) is 0 Å². The number of hydrogen-bond donors (Lipinski definition) is 1. The van der Waals surface area contributed by atoms with Crippen LogP contribution in [0.15, 0.2) is 23.5 Å². The molecule has 1 atom stereocenters. The van der Waals surface area contributed by atoms with Gasteiger partial charge < -0.3 is 14.8 Å². The van der Waals surface area contributed by atoms with E-state index in [2.05, 4.69) is 17.5 Å². The van der Waals surface area contributed by atoms with Gasteiger partial charge in [-0.1, -0.05) is 0 Å². The first-order chi connectivity index (χ1) is 8.79. The monoisotopic (exact) mass is 251 g/mol. The van der Waals surface area contributed by atoms with Gasteiger partial charge in [-0.15, -0.1) is 0 Å². The summed E-state index contributed by atoms with van der Waals surface area (Å²) in [7, 11) is 0. The highest BCUT2D eigenvalue weighted by molar-refractivity contribution is 5.69. The lowest BCUT2D eigenvalue weighted by molar-refractivity contribution is -0.143. The van der Waals surface area contributed by atoms with Gasteiger partial charge in [0.25, 0.3) is 0 Å². The van der Waals surface area contributed by atoms with Crippen LogP contribution in [0.3, 0.4) is 0 Å². The van der Waals surface area contributed by atoms with E-state index >= 15 is 0 Å². The number of carbonyl (C=O) groups excluding carboxylic acids is 1. The van der Waals surface area contributed by atoms with Crippen LogP contribution in [0.2, 0.25) is 0 Å². The summed E-state index contributed by atoms with van der Waals surface area (Å²) in [5, 5.41) is 3.37. The van der Waals surface area contributed by atoms with E-state index in [1.165, 1.54) is 12.0 Å². The SMILES string of the molecule is CCOC(=O)CCOC1=CCC2CCNCC2=C1. The smallest absolute Gasteiger partial charge is 0.309 e. The van der Waals surface area contributed by atoms with Gasteiger partial charge in [-0.2, -0.15) is 0 Å². The quantitative estimate of drug-likeness (QED) is 0.757. The van der Waals surface area contributed by atoms with Crippen LogP contribution in [-0.2, 0) is 14.3 Å². The maximum atomic E-state index is 11.2. The molecule has 2 aliphatic rings. The predicted molar refractivity (Wildman–Crippen MR) is 69.0 cm³/mol. The molecule has 1 fully saturated rings. The first kappa shape index (κ1) is 13.1. The highest BCUT2D eigenvalue weighted by atomic mass is 16.5. The van der Waals surface area contributed by atoms with Crippen molar-refractivity contribution < 1.29 is 14.3 Å². The zero-order chi connectivity index (χ0) is 12.8. The molecule has 0 bridgehead atoms. The fourth-order valence-corrected chi connectivity index (χ4v) is 2.36. The molecule has 1 N–H and O–H groups in total. The molecular weight excluding hydrogens is 230 g/mol. The maximum absolute atomic E-state index is 11.2. The van der Waals surface area contributed by atoms with Gasteiger partial charge >= 0.3 is 5.97 Å². The van der Waals surface area contributed by atoms with Gasteiger partial charge in [0, 0.05) is 6.54 Å². The van der Waals surface area contributed by atoms with E-state index in [4.69, 9.17) is 9.47 Å². The molecule has 1 unspecified atom stereocenters. The van der Waals surface area contributed by atoms with E-state index in [0.29, 0.717) is 25.6 Å². The Morgan fingerprint density at radius 3 is 3.28 bits per heavy atom. The zero-order valence-electron chi connectivity index (χ0n) is 10.9. The summed E-state index contributed by atoms with van der Waals surface area (Å²) in [6, 6.07) is 0. The van der Waals surface area contributed by atoms with E-state index in [1.807, 2.05) is 6.92 Å². The fraction of sp³-hybridized carbons (Fsp3) is 0.643. The van der Waals surface area contributed by atoms with Gasteiger partial charge in [0.05, 0.1) is 19.6 Å². The number of carbonyl (C=O) groups is 1. The number of allylic oxidation sites excluding steroid dienone is 2. The van der Waals surface area contributed by atoms with Crippen LogP contribution in [0.4, 0.5) is 0 Å². The summed E-state index contributed by atoms with van der Waals surface area (Å²) in [6.45, 7) is 4.70. The summed E-state index contributed by atoms with van der Waals surface area (Å²) in [5.74, 6) is 1.39. The van der Waals surface area contributed by atoms with Crippen molar-refractivity contribution in [2.45, 2.75) is 26.2 Å². The minimum Gasteiger partial charge on any atom is -0.493 e. The Morgan fingerprint density at radius 2 is 2.44 bits per heavy atom. The Kier molecular flexibility index (Phi) is 4.81. The molecule has 2 rings (SSSR count). The van der Waals surface area contributed by atoms with E-state index in [1.54, 1.807) is 0 Å². The zero-order valence-corrected chi connectivity index (χ0v) is 10.9. The topological polar surface area (TPSA) is 47.6 Å². The standard InChI is InChI=1S/C14H21NO3/c1-2-17-14(16)6-8-18-13-4-3-11-5-7-15-10-12(11)9-13/h4,9,11,15H,2-3,5-8,10H2,1H3. The number of piperidine rings is 1. The molecule has 1 aliphatic carbocycles. The van der Waals surface area contributed by atoms with Crippen molar-refractivity contribution >= 4 is 5.97 Å². The first-order valence-electron chi connectivity index (χ1n) is 6.69. The van der Waals surface area contributed by atoms with Gasteiger partial charge in [-0.3, -0.25) is 4.79 Å². The molecule has 1 saturated heterocycles. The van der Waals surface area contributed by atoms with Crippen molar-refractivity contribution in [1.82, 2.24) is 5.32 Å². The van der Waals surface area contributed by atoms with Gasteiger partial charge in [0.15, 0.2) is 0 Å². The minimum absolute atomic E-state index is 0.196. The maximum Gasteiger partial charge on any atom is 0.309 e. The average Bonchev–Trinajstić information content (AvgIpc) is 2.39. The largest absolute Gasteiger partial charge is 0.493 e. The highest BCUT2D eigenvalue weighted by Gasteiger charge is 2.21. The van der Waals surface area contributed by atoms with Crippen LogP contribution < -0.4 is 5.32 Å². The third-order valence-electron chi connectivity index (χ3n) is 3.33. The van der Waals surface area contributed by atoms with Crippen molar-refractivity contribution in [2.75, 3.05) is 26.3 Å². The summed E-state index contributed by atoms with van der Waals surface area (Å²) in [4.78, 5) is 11.2. The van der Waals surface area contributed by atoms with Crippen molar-refractivity contribution in [3.8, 4) is 0 Å². The van der Waals surface area contributed by atoms with E-state index in [-0.39, 0.29) is 5.97 Å². The van der Waals surface area contributed by atoms with Gasteiger partial charge in [0.1, 0.15) is 5.76 Å². The molecule has 100 valence electrons. The molecule has 0 spiro atoms. The summed E-state index contributed by atoms with van der Waals surface area (Å²) < 4.78 is 10.5. The van der Waals surface area contributed by atoms with Crippen molar-refractivity contribution in [2.24, 2.45) is 5.92 Å². The fourth-order valence-electron chi connectivity index (χ4n) is 2.36. The lowest BCUT2D eigenvalue weighted by Gasteiger charge is -2.28. The van der Waals surface area contributed by atoms with Crippen LogP contribution in [0.25, 0.3) is 0 Å². The van der Waals surface area contributed by atoms with Crippen LogP contribution in [0.5, 0.6) is 0 Å². The van der Waals surface area contributed by atoms with Crippen molar-refractivity contribution in [1.29, 1.82) is 0 Å². The molecule has 1 heterocycles. The molecule has 4 nitrogen and oxygen atoms in total. The Labute approximate surface area is 108 Å². The molecule has 0 aromatic heterocycles. The molecule has 0 radical (unpaired) electrons. The molecular formula is C14H21NO3. The number of rotatable bonds is 5. The molecule has 18 heavy (non-hydrogen) atoms. The highest BCUT2D eigenvalue weighted by Crippen LogP contribution is 2.28. The molecule has 0 aromatic rings. The lowest BCUT2D eigenvalue weighted by atomic mass is 9.86. The Balaban J connectivity index is 1.75. The van der Waals surface area contributed by atoms with Crippen LogP contribution in [0.1, 0.15) is 26.2 Å². The lowest BCUT2D eigenvalue weighted by Crippen LogP contribution is -2.31. The number of nitrogens with one attached hydrogen (secondary N) is 1. The van der Waals surface area contributed by atoms with Crippen molar-refractivity contribution in [3.05, 3.63) is 23.5 Å². The van der Waals surface area contributed by atoms with Gasteiger partial charge in [0.2, 0.25) is 0 Å². The molecule has 4 heteroatoms. The summed E-state index contributed by atoms with van der Waals surface area (Å²) in [6.07, 6.45) is 6.83. The van der Waals surface area contributed by atoms with Gasteiger partial charge in [-0.05, 0) is 50.0 Å². The molecule has 0 amide bonds. The van der Waals surface area contributed by atoms with Crippen LogP contribution in [0, 0.1) is 5.92 Å². The summed E-state index contributed by atoms with van der Waals surface area (Å²) >= 11 is 0. The molecule has 0 aromatic carbocycles. The second kappa shape index (κ2) is 6.59. The van der Waals surface area contributed by atoms with E-state index in [0.717, 1.165) is 25.3 Å². The third kappa shape index (κ3) is 3.60. The number of esters is 1. The Hall–Kier alpha value is -1.29. The second-order valence-corrected chi connectivity index (χ2v) is 4.63. The number of ether oxygens (including phenoxy) is 2. The average molecular weight is 251 g/mol. The normalized spacial score (nSPS) is 22.6. The third-order valence-corrected chi connectivity index (χ3v) is 3.33. The second-order valence-electron chi connectivity index (χ2n) is 4.63. The number of hydrogen-bond acceptors (Lipinski definition) is 4. The summed E-state index contributed by atoms with van der Waals surface area (Å²) in [5.41, 5.74) is 1.43. The molecule has 0 saturated carbocycles. The van der Waals surface area contributed by atoms with Crippen molar-refractivity contribution in [3.63, 3.8) is 0 Å². The Bertz CT molecular complexity index is 360. The van der Waals surface area contributed by atoms with Crippen LogP contribution in [-0.4, -0.2) is 32.3 Å². The van der Waals surface area contributed by atoms with Crippen LogP contribution >= 0.6 is 0 Å². The predicted octanol–water partition coefficient (Wildman–Crippen LogP) is 1.78. The molecule has 1 aliphatic heterocycles. The Morgan fingerprint density at radius 1 is 1.56 bits per heavy atom. The first-order valence-corrected chi connectivity index (χ1v) is 6.69. The minimum atomic E-state index is -0.196. The van der Waals surface area contributed by atoms with E-state index < -0.39 is 0 Å².